The Labute approximate surface area is 94.8 Å². The molecule has 0 amide bonds. The minimum Gasteiger partial charge on any atom is -0.312 e. The molecule has 0 spiro atoms. The maximum Gasteiger partial charge on any atom is 0.0217 e. The van der Waals surface area contributed by atoms with Gasteiger partial charge < -0.3 is 15.1 Å². The van der Waals surface area contributed by atoms with E-state index in [4.69, 9.17) is 0 Å². The highest BCUT2D eigenvalue weighted by molar-refractivity contribution is 4.79. The van der Waals surface area contributed by atoms with Gasteiger partial charge in [-0.05, 0) is 39.5 Å². The quantitative estimate of drug-likeness (QED) is 0.747. The Morgan fingerprint density at radius 2 is 2.13 bits per heavy atom. The summed E-state index contributed by atoms with van der Waals surface area (Å²) >= 11 is 0. The van der Waals surface area contributed by atoms with Crippen LogP contribution in [-0.2, 0) is 0 Å². The molecule has 3 heteroatoms. The summed E-state index contributed by atoms with van der Waals surface area (Å²) in [6, 6.07) is 0.676. The third kappa shape index (κ3) is 4.96. The molecule has 0 bridgehead atoms. The van der Waals surface area contributed by atoms with Crippen LogP contribution in [0.25, 0.3) is 0 Å². The van der Waals surface area contributed by atoms with E-state index in [9.17, 15) is 0 Å². The lowest BCUT2D eigenvalue weighted by Gasteiger charge is -2.27. The van der Waals surface area contributed by atoms with E-state index in [1.165, 1.54) is 39.1 Å². The molecule has 0 radical (unpaired) electrons. The zero-order valence-electron chi connectivity index (χ0n) is 10.8. The molecule has 0 aromatic rings. The fraction of sp³-hybridized carbons (Fsp3) is 1.00. The summed E-state index contributed by atoms with van der Waals surface area (Å²) in [6.45, 7) is 10.7. The molecule has 1 atom stereocenters. The van der Waals surface area contributed by atoms with E-state index in [0.717, 1.165) is 5.92 Å². The maximum atomic E-state index is 3.64. The first kappa shape index (κ1) is 12.9. The van der Waals surface area contributed by atoms with Gasteiger partial charge in [-0.15, -0.1) is 0 Å². The summed E-state index contributed by atoms with van der Waals surface area (Å²) in [5, 5.41) is 3.64. The summed E-state index contributed by atoms with van der Waals surface area (Å²) in [4.78, 5) is 4.87. The molecule has 0 aromatic carbocycles. The van der Waals surface area contributed by atoms with Crippen LogP contribution in [0.5, 0.6) is 0 Å². The van der Waals surface area contributed by atoms with Crippen LogP contribution in [0, 0.1) is 5.92 Å². The summed E-state index contributed by atoms with van der Waals surface area (Å²) in [5.74, 6) is 0.741. The van der Waals surface area contributed by atoms with E-state index in [0.29, 0.717) is 6.04 Å². The Balaban J connectivity index is 2.35. The molecular formula is C12H27N3. The van der Waals surface area contributed by atoms with Crippen molar-refractivity contribution in [3.8, 4) is 0 Å². The van der Waals surface area contributed by atoms with Gasteiger partial charge in [-0.25, -0.2) is 0 Å². The molecule has 1 N–H and O–H groups in total. The van der Waals surface area contributed by atoms with Crippen LogP contribution in [0.2, 0.25) is 0 Å². The second kappa shape index (κ2) is 6.46. The number of hydrogen-bond donors (Lipinski definition) is 1. The summed E-state index contributed by atoms with van der Waals surface area (Å²) in [7, 11) is 4.30. The van der Waals surface area contributed by atoms with Crippen LogP contribution < -0.4 is 5.32 Å². The molecule has 15 heavy (non-hydrogen) atoms. The van der Waals surface area contributed by atoms with Crippen LogP contribution in [0.3, 0.4) is 0 Å². The molecule has 1 rings (SSSR count). The topological polar surface area (TPSA) is 18.5 Å². The number of hydrogen-bond acceptors (Lipinski definition) is 3. The van der Waals surface area contributed by atoms with Gasteiger partial charge in [-0.1, -0.05) is 13.8 Å². The van der Waals surface area contributed by atoms with Gasteiger partial charge in [0.15, 0.2) is 0 Å². The lowest BCUT2D eigenvalue weighted by Crippen LogP contribution is -2.42. The van der Waals surface area contributed by atoms with Gasteiger partial charge >= 0.3 is 0 Å². The maximum absolute atomic E-state index is 3.64. The van der Waals surface area contributed by atoms with Crippen molar-refractivity contribution in [1.29, 1.82) is 0 Å². The van der Waals surface area contributed by atoms with Crippen molar-refractivity contribution in [3.05, 3.63) is 0 Å². The average Bonchev–Trinajstić information content (AvgIpc) is 2.39. The molecule has 0 saturated carbocycles. The first-order chi connectivity index (χ1) is 7.09. The molecule has 1 heterocycles. The molecular weight excluding hydrogens is 186 g/mol. The van der Waals surface area contributed by atoms with Crippen molar-refractivity contribution < 1.29 is 0 Å². The first-order valence-electron chi connectivity index (χ1n) is 6.20. The van der Waals surface area contributed by atoms with Gasteiger partial charge in [0.2, 0.25) is 0 Å². The van der Waals surface area contributed by atoms with Crippen molar-refractivity contribution in [3.63, 3.8) is 0 Å². The minimum absolute atomic E-state index is 0.676. The second-order valence-electron chi connectivity index (χ2n) is 5.26. The number of nitrogens with one attached hydrogen (secondary N) is 1. The molecule has 90 valence electrons. The highest BCUT2D eigenvalue weighted by Crippen LogP contribution is 2.08. The molecule has 1 aliphatic rings. The van der Waals surface area contributed by atoms with Gasteiger partial charge in [0, 0.05) is 25.7 Å². The molecule has 0 aromatic heterocycles. The van der Waals surface area contributed by atoms with E-state index in [1.807, 2.05) is 0 Å². The minimum atomic E-state index is 0.676. The fourth-order valence-corrected chi connectivity index (χ4v) is 2.02. The van der Waals surface area contributed by atoms with Gasteiger partial charge in [-0.3, -0.25) is 0 Å². The Bertz CT molecular complexity index is 168. The van der Waals surface area contributed by atoms with Gasteiger partial charge in [0.05, 0.1) is 0 Å². The molecule has 3 nitrogen and oxygen atoms in total. The third-order valence-corrected chi connectivity index (χ3v) is 3.18. The van der Waals surface area contributed by atoms with Crippen molar-refractivity contribution in [2.24, 2.45) is 5.92 Å². The SMILES string of the molecule is CC(C)C1CN(CCN(C)C)CCCN1. The van der Waals surface area contributed by atoms with Gasteiger partial charge in [-0.2, -0.15) is 0 Å². The lowest BCUT2D eigenvalue weighted by molar-refractivity contribution is 0.222. The lowest BCUT2D eigenvalue weighted by atomic mass is 10.0. The Morgan fingerprint density at radius 3 is 2.73 bits per heavy atom. The van der Waals surface area contributed by atoms with Crippen molar-refractivity contribution >= 4 is 0 Å². The van der Waals surface area contributed by atoms with E-state index in [1.54, 1.807) is 0 Å². The molecule has 1 unspecified atom stereocenters. The Morgan fingerprint density at radius 1 is 1.40 bits per heavy atom. The standard InChI is InChI=1S/C12H27N3/c1-11(2)12-10-15(7-5-6-13-12)9-8-14(3)4/h11-13H,5-10H2,1-4H3. The van der Waals surface area contributed by atoms with E-state index >= 15 is 0 Å². The van der Waals surface area contributed by atoms with Crippen LogP contribution in [-0.4, -0.2) is 62.7 Å². The van der Waals surface area contributed by atoms with Crippen LogP contribution in [0.15, 0.2) is 0 Å². The van der Waals surface area contributed by atoms with Gasteiger partial charge in [0.25, 0.3) is 0 Å². The normalized spacial score (nSPS) is 24.8. The largest absolute Gasteiger partial charge is 0.312 e. The highest BCUT2D eigenvalue weighted by atomic mass is 15.2. The predicted octanol–water partition coefficient (Wildman–Crippen LogP) is 0.868. The van der Waals surface area contributed by atoms with E-state index < -0.39 is 0 Å². The van der Waals surface area contributed by atoms with E-state index in [2.05, 4.69) is 43.1 Å². The zero-order valence-corrected chi connectivity index (χ0v) is 10.8. The summed E-state index contributed by atoms with van der Waals surface area (Å²) in [5.41, 5.74) is 0. The molecule has 1 aliphatic heterocycles. The van der Waals surface area contributed by atoms with E-state index in [-0.39, 0.29) is 0 Å². The predicted molar refractivity (Wildman–Crippen MR) is 66.2 cm³/mol. The van der Waals surface area contributed by atoms with Crippen molar-refractivity contribution in [2.75, 3.05) is 46.8 Å². The Hall–Kier alpha value is -0.120. The number of rotatable bonds is 4. The monoisotopic (exact) mass is 213 g/mol. The van der Waals surface area contributed by atoms with Crippen LogP contribution in [0.1, 0.15) is 20.3 Å². The first-order valence-corrected chi connectivity index (χ1v) is 6.20. The van der Waals surface area contributed by atoms with Crippen molar-refractivity contribution in [1.82, 2.24) is 15.1 Å². The van der Waals surface area contributed by atoms with Crippen LogP contribution >= 0.6 is 0 Å². The fourth-order valence-electron chi connectivity index (χ4n) is 2.02. The van der Waals surface area contributed by atoms with Crippen molar-refractivity contribution in [2.45, 2.75) is 26.3 Å². The molecule has 1 saturated heterocycles. The Kier molecular flexibility index (Phi) is 5.58. The summed E-state index contributed by atoms with van der Waals surface area (Å²) < 4.78 is 0. The smallest absolute Gasteiger partial charge is 0.0217 e. The number of nitrogens with zero attached hydrogens (tertiary/aromatic N) is 2. The third-order valence-electron chi connectivity index (χ3n) is 3.18. The van der Waals surface area contributed by atoms with Gasteiger partial charge in [0.1, 0.15) is 0 Å². The zero-order chi connectivity index (χ0) is 11.3. The number of likely N-dealkylation sites (N-methyl/N-ethyl adjacent to an activating group) is 1. The molecule has 1 fully saturated rings. The van der Waals surface area contributed by atoms with Crippen LogP contribution in [0.4, 0.5) is 0 Å². The molecule has 0 aliphatic carbocycles. The highest BCUT2D eigenvalue weighted by Gasteiger charge is 2.19. The second-order valence-corrected chi connectivity index (χ2v) is 5.26. The summed E-state index contributed by atoms with van der Waals surface area (Å²) in [6.07, 6.45) is 1.29. The average molecular weight is 213 g/mol.